The minimum absolute atomic E-state index is 0.197. The van der Waals surface area contributed by atoms with E-state index in [0.717, 1.165) is 19.3 Å². The van der Waals surface area contributed by atoms with Gasteiger partial charge in [-0.15, -0.1) is 0 Å². The average Bonchev–Trinajstić information content (AvgIpc) is 2.26. The quantitative estimate of drug-likeness (QED) is 0.703. The summed E-state index contributed by atoms with van der Waals surface area (Å²) < 4.78 is 0. The lowest BCUT2D eigenvalue weighted by atomic mass is 9.74. The zero-order valence-corrected chi connectivity index (χ0v) is 10.4. The maximum atomic E-state index is 12.2. The number of hydrogen-bond acceptors (Lipinski definition) is 1. The van der Waals surface area contributed by atoms with Gasteiger partial charge in [-0.05, 0) is 30.4 Å². The predicted octanol–water partition coefficient (Wildman–Crippen LogP) is 3.41. The molecule has 1 aromatic rings. The van der Waals surface area contributed by atoms with E-state index in [1.807, 2.05) is 20.8 Å². The maximum Gasteiger partial charge on any atom is 0.141 e. The Kier molecular flexibility index (Phi) is 2.88. The molecule has 1 aliphatic rings. The van der Waals surface area contributed by atoms with Crippen LogP contribution in [0.4, 0.5) is 0 Å². The fraction of sp³-hybridized carbons (Fsp3) is 0.533. The standard InChI is InChI=1S/C15H20O/c1-15(2,3)14(16)13-9-8-11-6-4-5-7-12(11)10-13/h4-7,13H,8-10H2,1-3H3/t13-/m1/s1. The van der Waals surface area contributed by atoms with Crippen LogP contribution in [0.15, 0.2) is 24.3 Å². The van der Waals surface area contributed by atoms with Crippen molar-refractivity contribution in [3.05, 3.63) is 35.4 Å². The van der Waals surface area contributed by atoms with Gasteiger partial charge in [-0.1, -0.05) is 45.0 Å². The summed E-state index contributed by atoms with van der Waals surface area (Å²) in [6, 6.07) is 8.51. The van der Waals surface area contributed by atoms with Gasteiger partial charge in [0, 0.05) is 11.3 Å². The average molecular weight is 216 g/mol. The Balaban J connectivity index is 2.17. The molecule has 0 unspecified atom stereocenters. The number of fused-ring (bicyclic) bond motifs is 1. The molecule has 0 bridgehead atoms. The molecule has 2 rings (SSSR count). The minimum atomic E-state index is -0.197. The van der Waals surface area contributed by atoms with Gasteiger partial charge in [0.05, 0.1) is 0 Å². The second-order valence-corrected chi connectivity index (χ2v) is 5.82. The van der Waals surface area contributed by atoms with Crippen LogP contribution in [0.2, 0.25) is 0 Å². The van der Waals surface area contributed by atoms with Crippen LogP contribution in [-0.4, -0.2) is 5.78 Å². The topological polar surface area (TPSA) is 17.1 Å². The van der Waals surface area contributed by atoms with Crippen LogP contribution in [-0.2, 0) is 17.6 Å². The molecule has 0 amide bonds. The zero-order chi connectivity index (χ0) is 11.8. The maximum absolute atomic E-state index is 12.2. The van der Waals surface area contributed by atoms with Crippen molar-refractivity contribution >= 4 is 5.78 Å². The van der Waals surface area contributed by atoms with Gasteiger partial charge in [0.2, 0.25) is 0 Å². The van der Waals surface area contributed by atoms with Gasteiger partial charge < -0.3 is 0 Å². The van der Waals surface area contributed by atoms with Crippen LogP contribution in [0, 0.1) is 11.3 Å². The first kappa shape index (κ1) is 11.4. The number of hydrogen-bond donors (Lipinski definition) is 0. The molecular formula is C15H20O. The highest BCUT2D eigenvalue weighted by molar-refractivity contribution is 5.86. The van der Waals surface area contributed by atoms with E-state index >= 15 is 0 Å². The lowest BCUT2D eigenvalue weighted by Gasteiger charge is -2.28. The van der Waals surface area contributed by atoms with Crippen molar-refractivity contribution in [1.82, 2.24) is 0 Å². The third-order valence-corrected chi connectivity index (χ3v) is 3.46. The van der Waals surface area contributed by atoms with Crippen molar-refractivity contribution in [2.24, 2.45) is 11.3 Å². The summed E-state index contributed by atoms with van der Waals surface area (Å²) in [6.07, 6.45) is 3.02. The van der Waals surface area contributed by atoms with Crippen molar-refractivity contribution in [3.8, 4) is 0 Å². The van der Waals surface area contributed by atoms with Crippen LogP contribution in [0.25, 0.3) is 0 Å². The van der Waals surface area contributed by atoms with E-state index in [1.165, 1.54) is 11.1 Å². The first-order valence-corrected chi connectivity index (χ1v) is 6.09. The van der Waals surface area contributed by atoms with Crippen LogP contribution in [0.1, 0.15) is 38.3 Å². The van der Waals surface area contributed by atoms with E-state index < -0.39 is 0 Å². The normalized spacial score (nSPS) is 20.3. The molecule has 1 aliphatic carbocycles. The summed E-state index contributed by atoms with van der Waals surface area (Å²) in [7, 11) is 0. The Bertz CT molecular complexity index is 398. The molecule has 16 heavy (non-hydrogen) atoms. The van der Waals surface area contributed by atoms with E-state index in [1.54, 1.807) is 0 Å². The van der Waals surface area contributed by atoms with Crippen LogP contribution in [0.3, 0.4) is 0 Å². The summed E-state index contributed by atoms with van der Waals surface area (Å²) in [5.41, 5.74) is 2.61. The number of Topliss-reactive ketones (excluding diaryl/α,β-unsaturated/α-hetero) is 1. The monoisotopic (exact) mass is 216 g/mol. The van der Waals surface area contributed by atoms with Gasteiger partial charge in [-0.3, -0.25) is 4.79 Å². The Morgan fingerprint density at radius 3 is 2.44 bits per heavy atom. The van der Waals surface area contributed by atoms with Crippen molar-refractivity contribution < 1.29 is 4.79 Å². The lowest BCUT2D eigenvalue weighted by Crippen LogP contribution is -2.32. The highest BCUT2D eigenvalue weighted by Crippen LogP contribution is 2.31. The van der Waals surface area contributed by atoms with E-state index in [0.29, 0.717) is 5.78 Å². The van der Waals surface area contributed by atoms with E-state index in [9.17, 15) is 4.79 Å². The van der Waals surface area contributed by atoms with E-state index in [4.69, 9.17) is 0 Å². The molecule has 1 heteroatoms. The number of aryl methyl sites for hydroxylation is 1. The highest BCUT2D eigenvalue weighted by atomic mass is 16.1. The van der Waals surface area contributed by atoms with Gasteiger partial charge in [-0.25, -0.2) is 0 Å². The summed E-state index contributed by atoms with van der Waals surface area (Å²) >= 11 is 0. The van der Waals surface area contributed by atoms with Crippen molar-refractivity contribution in [2.45, 2.75) is 40.0 Å². The van der Waals surface area contributed by atoms with E-state index in [2.05, 4.69) is 24.3 Å². The Hall–Kier alpha value is -1.11. The van der Waals surface area contributed by atoms with Crippen molar-refractivity contribution in [3.63, 3.8) is 0 Å². The molecule has 1 aromatic carbocycles. The van der Waals surface area contributed by atoms with Gasteiger partial charge in [0.1, 0.15) is 5.78 Å². The van der Waals surface area contributed by atoms with E-state index in [-0.39, 0.29) is 11.3 Å². The molecule has 86 valence electrons. The molecule has 0 N–H and O–H groups in total. The number of carbonyl (C=O) groups is 1. The smallest absolute Gasteiger partial charge is 0.141 e. The summed E-state index contributed by atoms with van der Waals surface area (Å²) in [5.74, 6) is 0.650. The first-order valence-electron chi connectivity index (χ1n) is 6.09. The zero-order valence-electron chi connectivity index (χ0n) is 10.4. The molecule has 0 aromatic heterocycles. The fourth-order valence-electron chi connectivity index (χ4n) is 2.53. The molecule has 0 saturated heterocycles. The number of rotatable bonds is 1. The molecule has 1 atom stereocenters. The van der Waals surface area contributed by atoms with Gasteiger partial charge in [-0.2, -0.15) is 0 Å². The Labute approximate surface area is 97.9 Å². The Morgan fingerprint density at radius 1 is 1.19 bits per heavy atom. The third-order valence-electron chi connectivity index (χ3n) is 3.46. The second-order valence-electron chi connectivity index (χ2n) is 5.82. The van der Waals surface area contributed by atoms with Crippen LogP contribution in [0.5, 0.6) is 0 Å². The van der Waals surface area contributed by atoms with Crippen LogP contribution < -0.4 is 0 Å². The lowest BCUT2D eigenvalue weighted by molar-refractivity contribution is -0.130. The van der Waals surface area contributed by atoms with Gasteiger partial charge in [0.25, 0.3) is 0 Å². The molecule has 0 aliphatic heterocycles. The Morgan fingerprint density at radius 2 is 1.81 bits per heavy atom. The second kappa shape index (κ2) is 4.04. The van der Waals surface area contributed by atoms with Crippen LogP contribution >= 0.6 is 0 Å². The number of ketones is 1. The largest absolute Gasteiger partial charge is 0.299 e. The molecule has 0 fully saturated rings. The molecular weight excluding hydrogens is 196 g/mol. The SMILES string of the molecule is CC(C)(C)C(=O)[C@@H]1CCc2ccccc2C1. The highest BCUT2D eigenvalue weighted by Gasteiger charge is 2.31. The van der Waals surface area contributed by atoms with Gasteiger partial charge in [0.15, 0.2) is 0 Å². The molecule has 0 spiro atoms. The van der Waals surface area contributed by atoms with Gasteiger partial charge >= 0.3 is 0 Å². The molecule has 0 saturated carbocycles. The van der Waals surface area contributed by atoms with Crippen molar-refractivity contribution in [1.29, 1.82) is 0 Å². The summed E-state index contributed by atoms with van der Waals surface area (Å²) in [5, 5.41) is 0. The number of benzene rings is 1. The summed E-state index contributed by atoms with van der Waals surface area (Å²) in [6.45, 7) is 6.07. The molecule has 0 heterocycles. The van der Waals surface area contributed by atoms with Crippen molar-refractivity contribution in [2.75, 3.05) is 0 Å². The molecule has 0 radical (unpaired) electrons. The number of carbonyl (C=O) groups excluding carboxylic acids is 1. The summed E-state index contributed by atoms with van der Waals surface area (Å²) in [4.78, 5) is 12.2. The third kappa shape index (κ3) is 2.18. The fourth-order valence-corrected chi connectivity index (χ4v) is 2.53. The first-order chi connectivity index (χ1) is 7.48. The molecule has 1 nitrogen and oxygen atoms in total. The predicted molar refractivity (Wildman–Crippen MR) is 66.4 cm³/mol. The minimum Gasteiger partial charge on any atom is -0.299 e.